The van der Waals surface area contributed by atoms with E-state index in [0.29, 0.717) is 65.7 Å². The van der Waals surface area contributed by atoms with E-state index >= 15 is 0 Å². The number of esters is 1. The van der Waals surface area contributed by atoms with Gasteiger partial charge in [-0.15, -0.1) is 0 Å². The summed E-state index contributed by atoms with van der Waals surface area (Å²) in [6.07, 6.45) is 3.29. The smallest absolute Gasteiger partial charge is 0.313 e. The molecule has 7 rings (SSSR count). The minimum absolute atomic E-state index is 0.0613. The largest absolute Gasteiger partial charge is 0.460 e. The number of pyridine rings is 2. The molecule has 38 heavy (non-hydrogen) atoms. The SMILES string of the molecule is CCC1C(=O)OCc2c1cc1n(c2=O)Cc2c-1nc1cc(F)c(C)c3c1c2C(NC(=O)C1(O)CCC1)CC3. The average molecular weight is 518 g/mol. The van der Waals surface area contributed by atoms with Crippen LogP contribution in [-0.2, 0) is 33.9 Å². The molecule has 2 atom stereocenters. The molecule has 2 aromatic heterocycles. The molecule has 1 saturated carbocycles. The molecular formula is C29H28FN3O5. The number of carbonyl (C=O) groups is 2. The molecule has 0 bridgehead atoms. The van der Waals surface area contributed by atoms with Gasteiger partial charge in [0.2, 0.25) is 0 Å². The quantitative estimate of drug-likeness (QED) is 0.403. The normalized spacial score (nSPS) is 22.3. The summed E-state index contributed by atoms with van der Waals surface area (Å²) in [5.74, 6) is -1.60. The van der Waals surface area contributed by atoms with Gasteiger partial charge in [0.05, 0.1) is 41.0 Å². The fraction of sp³-hybridized carbons (Fsp3) is 0.448. The highest BCUT2D eigenvalue weighted by Crippen LogP contribution is 2.46. The van der Waals surface area contributed by atoms with Crippen molar-refractivity contribution < 1.29 is 23.8 Å². The number of halogens is 1. The number of hydrogen-bond donors (Lipinski definition) is 2. The number of aryl methyl sites for hydroxylation is 1. The van der Waals surface area contributed by atoms with Crippen molar-refractivity contribution >= 4 is 22.8 Å². The van der Waals surface area contributed by atoms with Gasteiger partial charge in [-0.3, -0.25) is 14.4 Å². The number of benzene rings is 1. The number of nitrogens with zero attached hydrogens (tertiary/aromatic N) is 2. The van der Waals surface area contributed by atoms with Gasteiger partial charge in [0.25, 0.3) is 11.5 Å². The number of amides is 1. The predicted molar refractivity (Wildman–Crippen MR) is 136 cm³/mol. The Morgan fingerprint density at radius 2 is 2.05 bits per heavy atom. The van der Waals surface area contributed by atoms with Crippen LogP contribution in [0.15, 0.2) is 16.9 Å². The first-order chi connectivity index (χ1) is 18.2. The van der Waals surface area contributed by atoms with Gasteiger partial charge < -0.3 is 19.7 Å². The van der Waals surface area contributed by atoms with E-state index in [4.69, 9.17) is 9.72 Å². The van der Waals surface area contributed by atoms with Crippen molar-refractivity contribution in [3.8, 4) is 11.4 Å². The van der Waals surface area contributed by atoms with E-state index in [1.807, 2.05) is 13.0 Å². The molecule has 8 nitrogen and oxygen atoms in total. The number of fused-ring (bicyclic) bond motifs is 5. The minimum Gasteiger partial charge on any atom is -0.460 e. The lowest BCUT2D eigenvalue weighted by Crippen LogP contribution is -2.52. The van der Waals surface area contributed by atoms with Crippen LogP contribution < -0.4 is 10.9 Å². The van der Waals surface area contributed by atoms with Crippen LogP contribution in [0.5, 0.6) is 0 Å². The summed E-state index contributed by atoms with van der Waals surface area (Å²) in [7, 11) is 0. The van der Waals surface area contributed by atoms with Crippen LogP contribution in [0.4, 0.5) is 4.39 Å². The van der Waals surface area contributed by atoms with E-state index in [1.165, 1.54) is 6.07 Å². The van der Waals surface area contributed by atoms with Gasteiger partial charge in [-0.2, -0.15) is 0 Å². The Morgan fingerprint density at radius 3 is 2.76 bits per heavy atom. The summed E-state index contributed by atoms with van der Waals surface area (Å²) in [5.41, 5.74) is 4.28. The van der Waals surface area contributed by atoms with Crippen molar-refractivity contribution in [1.82, 2.24) is 14.9 Å². The fourth-order valence-corrected chi connectivity index (χ4v) is 6.75. The molecule has 2 aliphatic carbocycles. The summed E-state index contributed by atoms with van der Waals surface area (Å²) >= 11 is 0. The maximum Gasteiger partial charge on any atom is 0.313 e. The number of aliphatic hydroxyl groups is 1. The molecule has 1 fully saturated rings. The number of cyclic esters (lactones) is 1. The molecule has 2 aliphatic heterocycles. The van der Waals surface area contributed by atoms with Crippen molar-refractivity contribution in [2.75, 3.05) is 0 Å². The number of hydrogen-bond acceptors (Lipinski definition) is 6. The molecule has 4 heterocycles. The molecule has 3 aromatic rings. The summed E-state index contributed by atoms with van der Waals surface area (Å²) in [6.45, 7) is 3.83. The van der Waals surface area contributed by atoms with Crippen molar-refractivity contribution in [1.29, 1.82) is 0 Å². The molecule has 0 radical (unpaired) electrons. The van der Waals surface area contributed by atoms with Crippen LogP contribution in [-0.4, -0.2) is 32.1 Å². The van der Waals surface area contributed by atoms with E-state index in [9.17, 15) is 23.9 Å². The summed E-state index contributed by atoms with van der Waals surface area (Å²) < 4.78 is 22.0. The first kappa shape index (κ1) is 23.5. The Balaban J connectivity index is 1.46. The Morgan fingerprint density at radius 1 is 1.26 bits per heavy atom. The monoisotopic (exact) mass is 517 g/mol. The highest BCUT2D eigenvalue weighted by Gasteiger charge is 2.44. The third-order valence-electron chi connectivity index (χ3n) is 9.11. The van der Waals surface area contributed by atoms with E-state index in [1.54, 1.807) is 11.5 Å². The molecule has 196 valence electrons. The van der Waals surface area contributed by atoms with Crippen molar-refractivity contribution in [2.45, 2.75) is 83.1 Å². The number of rotatable bonds is 3. The highest BCUT2D eigenvalue weighted by molar-refractivity contribution is 5.94. The highest BCUT2D eigenvalue weighted by atomic mass is 19.1. The summed E-state index contributed by atoms with van der Waals surface area (Å²) in [5, 5.41) is 14.6. The lowest BCUT2D eigenvalue weighted by atomic mass is 9.78. The molecule has 9 heteroatoms. The van der Waals surface area contributed by atoms with Gasteiger partial charge in [0.15, 0.2) is 0 Å². The third kappa shape index (κ3) is 3.05. The Bertz CT molecular complexity index is 1650. The fourth-order valence-electron chi connectivity index (χ4n) is 6.75. The van der Waals surface area contributed by atoms with Gasteiger partial charge in [-0.05, 0) is 73.8 Å². The maximum atomic E-state index is 15.0. The second kappa shape index (κ2) is 7.96. The van der Waals surface area contributed by atoms with Crippen LogP contribution in [0, 0.1) is 12.7 Å². The number of ether oxygens (including phenoxy) is 1. The molecule has 0 saturated heterocycles. The van der Waals surface area contributed by atoms with Crippen LogP contribution in [0.1, 0.15) is 84.4 Å². The number of carbonyl (C=O) groups excluding carboxylic acids is 2. The van der Waals surface area contributed by atoms with Gasteiger partial charge >= 0.3 is 5.97 Å². The van der Waals surface area contributed by atoms with Crippen molar-refractivity contribution in [3.05, 3.63) is 61.7 Å². The molecule has 1 aromatic carbocycles. The number of nitrogens with one attached hydrogen (secondary N) is 1. The van der Waals surface area contributed by atoms with Crippen molar-refractivity contribution in [2.24, 2.45) is 0 Å². The molecule has 4 aliphatic rings. The molecule has 1 amide bonds. The third-order valence-corrected chi connectivity index (χ3v) is 9.11. The van der Waals surface area contributed by atoms with Crippen molar-refractivity contribution in [3.63, 3.8) is 0 Å². The lowest BCUT2D eigenvalue weighted by Gasteiger charge is -2.37. The first-order valence-corrected chi connectivity index (χ1v) is 13.3. The molecule has 2 N–H and O–H groups in total. The Kier molecular flexibility index (Phi) is 4.93. The van der Waals surface area contributed by atoms with E-state index in [2.05, 4.69) is 5.32 Å². The Labute approximate surface area is 217 Å². The number of aromatic nitrogens is 2. The maximum absolute atomic E-state index is 15.0. The lowest BCUT2D eigenvalue weighted by molar-refractivity contribution is -0.149. The zero-order chi connectivity index (χ0) is 26.5. The van der Waals surface area contributed by atoms with E-state index in [-0.39, 0.29) is 36.4 Å². The second-order valence-electron chi connectivity index (χ2n) is 11.1. The second-order valence-corrected chi connectivity index (χ2v) is 11.1. The van der Waals surface area contributed by atoms with Gasteiger partial charge in [-0.1, -0.05) is 6.92 Å². The van der Waals surface area contributed by atoms with Gasteiger partial charge in [0, 0.05) is 17.0 Å². The summed E-state index contributed by atoms with van der Waals surface area (Å²) in [4.78, 5) is 44.0. The molecular weight excluding hydrogens is 489 g/mol. The molecule has 0 spiro atoms. The average Bonchev–Trinajstić information content (AvgIpc) is 3.24. The van der Waals surface area contributed by atoms with Gasteiger partial charge in [0.1, 0.15) is 18.0 Å². The summed E-state index contributed by atoms with van der Waals surface area (Å²) in [6, 6.07) is 2.88. The van der Waals surface area contributed by atoms with Crippen LogP contribution in [0.3, 0.4) is 0 Å². The van der Waals surface area contributed by atoms with Crippen LogP contribution in [0.25, 0.3) is 22.3 Å². The predicted octanol–water partition coefficient (Wildman–Crippen LogP) is 3.44. The topological polar surface area (TPSA) is 111 Å². The van der Waals surface area contributed by atoms with Crippen LogP contribution in [0.2, 0.25) is 0 Å². The van der Waals surface area contributed by atoms with Crippen LogP contribution >= 0.6 is 0 Å². The zero-order valence-electron chi connectivity index (χ0n) is 21.3. The Hall–Kier alpha value is -3.59. The van der Waals surface area contributed by atoms with Gasteiger partial charge in [-0.25, -0.2) is 9.37 Å². The first-order valence-electron chi connectivity index (χ1n) is 13.3. The van der Waals surface area contributed by atoms with E-state index < -0.39 is 17.6 Å². The minimum atomic E-state index is -1.35. The standard InChI is InChI=1S/C29H28FN3O5/c1-3-14-16-9-22-25-17(11-33(22)26(34)18(16)12-38-27(14)35)24-20(32-28(36)29(37)7-4-8-29)6-5-15-13(2)19(30)10-21(31-25)23(15)24/h9-10,14,20,37H,3-8,11-12H2,1-2H3,(H,32,36). The zero-order valence-corrected chi connectivity index (χ0v) is 21.3. The molecule has 2 unspecified atom stereocenters. The van der Waals surface area contributed by atoms with E-state index in [0.717, 1.165) is 28.5 Å².